The smallest absolute Gasteiger partial charge is 0.137 e. The highest BCUT2D eigenvalue weighted by atomic mass is 79.9. The largest absolute Gasteiger partial charge is 0.398 e. The Morgan fingerprint density at radius 2 is 1.78 bits per heavy atom. The summed E-state index contributed by atoms with van der Waals surface area (Å²) < 4.78 is 3.22. The number of aromatic nitrogens is 2. The number of nitrogens with two attached hydrogens (primary N) is 1. The van der Waals surface area contributed by atoms with Gasteiger partial charge in [-0.1, -0.05) is 28.1 Å². The minimum Gasteiger partial charge on any atom is -0.398 e. The van der Waals surface area contributed by atoms with Gasteiger partial charge in [-0.15, -0.1) is 0 Å². The number of pyridine rings is 1. The molecule has 4 rings (SSSR count). The second-order valence-corrected chi connectivity index (χ2v) is 7.00. The Bertz CT molecular complexity index is 832. The van der Waals surface area contributed by atoms with E-state index in [1.807, 2.05) is 18.3 Å². The maximum atomic E-state index is 6.00. The van der Waals surface area contributed by atoms with Crippen molar-refractivity contribution in [2.75, 3.05) is 18.8 Å². The summed E-state index contributed by atoms with van der Waals surface area (Å²) in [6, 6.07) is 12.3. The van der Waals surface area contributed by atoms with Crippen molar-refractivity contribution in [2.24, 2.45) is 0 Å². The summed E-state index contributed by atoms with van der Waals surface area (Å²) in [6.45, 7) is 3.24. The van der Waals surface area contributed by atoms with Crippen LogP contribution in [-0.4, -0.2) is 27.4 Å². The molecule has 4 nitrogen and oxygen atoms in total. The van der Waals surface area contributed by atoms with Gasteiger partial charge in [-0.3, -0.25) is 4.90 Å². The molecule has 1 aromatic carbocycles. The molecule has 1 aliphatic rings. The van der Waals surface area contributed by atoms with E-state index < -0.39 is 0 Å². The summed E-state index contributed by atoms with van der Waals surface area (Å²) in [4.78, 5) is 7.36. The molecule has 0 atom stereocenters. The predicted octanol–water partition coefficient (Wildman–Crippen LogP) is 3.94. The maximum Gasteiger partial charge on any atom is 0.137 e. The van der Waals surface area contributed by atoms with E-state index in [1.54, 1.807) is 0 Å². The molecular formula is C18H19BrN4. The Kier molecular flexibility index (Phi) is 3.83. The first-order valence-corrected chi connectivity index (χ1v) is 8.75. The summed E-state index contributed by atoms with van der Waals surface area (Å²) in [5.41, 5.74) is 11.1. The minimum absolute atomic E-state index is 0.764. The van der Waals surface area contributed by atoms with Gasteiger partial charge in [0.15, 0.2) is 0 Å². The number of nitrogens with zero attached hydrogens (tertiary/aromatic N) is 3. The molecule has 0 unspecified atom stereocenters. The van der Waals surface area contributed by atoms with Crippen molar-refractivity contribution in [3.63, 3.8) is 0 Å². The fraction of sp³-hybridized carbons (Fsp3) is 0.278. The molecule has 0 amide bonds. The van der Waals surface area contributed by atoms with Crippen molar-refractivity contribution < 1.29 is 0 Å². The number of likely N-dealkylation sites (tertiary alicyclic amines) is 1. The zero-order chi connectivity index (χ0) is 15.8. The third-order valence-electron chi connectivity index (χ3n) is 4.43. The Morgan fingerprint density at radius 3 is 2.52 bits per heavy atom. The van der Waals surface area contributed by atoms with Crippen molar-refractivity contribution in [2.45, 2.75) is 19.4 Å². The van der Waals surface area contributed by atoms with E-state index in [4.69, 9.17) is 10.7 Å². The average Bonchev–Trinajstić information content (AvgIpc) is 3.17. The van der Waals surface area contributed by atoms with Gasteiger partial charge in [-0.25, -0.2) is 4.98 Å². The van der Waals surface area contributed by atoms with E-state index in [9.17, 15) is 0 Å². The number of imidazole rings is 1. The van der Waals surface area contributed by atoms with Gasteiger partial charge in [0, 0.05) is 28.5 Å². The molecule has 0 bridgehead atoms. The topological polar surface area (TPSA) is 46.6 Å². The quantitative estimate of drug-likeness (QED) is 0.759. The Morgan fingerprint density at radius 1 is 1.04 bits per heavy atom. The first kappa shape index (κ1) is 14.7. The fourth-order valence-corrected chi connectivity index (χ4v) is 3.52. The van der Waals surface area contributed by atoms with Gasteiger partial charge in [0.05, 0.1) is 11.4 Å². The second-order valence-electron chi connectivity index (χ2n) is 6.09. The van der Waals surface area contributed by atoms with E-state index in [1.165, 1.54) is 18.5 Å². The maximum absolute atomic E-state index is 6.00. The zero-order valence-corrected chi connectivity index (χ0v) is 14.5. The van der Waals surface area contributed by atoms with Crippen molar-refractivity contribution >= 4 is 27.3 Å². The average molecular weight is 371 g/mol. The Labute approximate surface area is 144 Å². The summed E-state index contributed by atoms with van der Waals surface area (Å²) in [7, 11) is 0. The van der Waals surface area contributed by atoms with E-state index >= 15 is 0 Å². The Hall–Kier alpha value is -1.85. The lowest BCUT2D eigenvalue weighted by atomic mass is 10.1. The molecule has 1 aliphatic heterocycles. The number of anilines is 1. The molecule has 3 aromatic rings. The third kappa shape index (κ3) is 2.86. The molecular weight excluding hydrogens is 352 g/mol. The minimum atomic E-state index is 0.764. The monoisotopic (exact) mass is 370 g/mol. The summed E-state index contributed by atoms with van der Waals surface area (Å²) in [5.74, 6) is 0. The molecule has 0 aliphatic carbocycles. The van der Waals surface area contributed by atoms with Crippen LogP contribution in [0.15, 0.2) is 47.1 Å². The van der Waals surface area contributed by atoms with Crippen LogP contribution in [0.25, 0.3) is 16.9 Å². The number of halogens is 1. The van der Waals surface area contributed by atoms with Crippen molar-refractivity contribution in [3.8, 4) is 11.3 Å². The molecule has 3 heterocycles. The predicted molar refractivity (Wildman–Crippen MR) is 97.3 cm³/mol. The normalized spacial score (nSPS) is 15.5. The summed E-state index contributed by atoms with van der Waals surface area (Å²) >= 11 is 3.50. The van der Waals surface area contributed by atoms with Crippen LogP contribution in [0.4, 0.5) is 5.69 Å². The van der Waals surface area contributed by atoms with Crippen molar-refractivity contribution in [1.82, 2.24) is 14.3 Å². The zero-order valence-electron chi connectivity index (χ0n) is 12.9. The Balaban J connectivity index is 1.85. The van der Waals surface area contributed by atoms with E-state index in [0.29, 0.717) is 0 Å². The molecule has 0 spiro atoms. The number of hydrogen-bond donors (Lipinski definition) is 1. The lowest BCUT2D eigenvalue weighted by Crippen LogP contribution is -2.20. The van der Waals surface area contributed by atoms with Crippen molar-refractivity contribution in [1.29, 1.82) is 0 Å². The van der Waals surface area contributed by atoms with Crippen molar-refractivity contribution in [3.05, 3.63) is 52.8 Å². The number of hydrogen-bond acceptors (Lipinski definition) is 3. The van der Waals surface area contributed by atoms with Gasteiger partial charge in [-0.2, -0.15) is 0 Å². The first-order valence-electron chi connectivity index (χ1n) is 7.95. The highest BCUT2D eigenvalue weighted by Gasteiger charge is 2.19. The van der Waals surface area contributed by atoms with Gasteiger partial charge in [0.25, 0.3) is 0 Å². The van der Waals surface area contributed by atoms with Crippen LogP contribution in [0.1, 0.15) is 18.5 Å². The molecule has 23 heavy (non-hydrogen) atoms. The van der Waals surface area contributed by atoms with Gasteiger partial charge in [0.1, 0.15) is 5.65 Å². The molecule has 2 aromatic heterocycles. The number of nitrogen functional groups attached to an aromatic ring is 1. The molecule has 2 N–H and O–H groups in total. The van der Waals surface area contributed by atoms with Crippen LogP contribution in [0, 0.1) is 0 Å². The SMILES string of the molecule is Nc1ccc2nc(-c3ccc(Br)cc3)c(CN3CCCC3)n2c1. The number of benzene rings is 1. The van der Waals surface area contributed by atoms with Crippen LogP contribution in [0.5, 0.6) is 0 Å². The van der Waals surface area contributed by atoms with Crippen LogP contribution in [0.2, 0.25) is 0 Å². The second kappa shape index (κ2) is 5.98. The lowest BCUT2D eigenvalue weighted by molar-refractivity contribution is 0.327. The number of fused-ring (bicyclic) bond motifs is 1. The van der Waals surface area contributed by atoms with Gasteiger partial charge < -0.3 is 10.1 Å². The van der Waals surface area contributed by atoms with Gasteiger partial charge in [0.2, 0.25) is 0 Å². The summed E-state index contributed by atoms with van der Waals surface area (Å²) in [5, 5.41) is 0. The van der Waals surface area contributed by atoms with E-state index in [2.05, 4.69) is 49.5 Å². The van der Waals surface area contributed by atoms with E-state index in [0.717, 1.165) is 46.7 Å². The molecule has 1 saturated heterocycles. The van der Waals surface area contributed by atoms with Gasteiger partial charge in [-0.05, 0) is 50.2 Å². The van der Waals surface area contributed by atoms with Crippen LogP contribution in [0.3, 0.4) is 0 Å². The molecule has 0 radical (unpaired) electrons. The van der Waals surface area contributed by atoms with Crippen LogP contribution >= 0.6 is 15.9 Å². The standard InChI is InChI=1S/C18H19BrN4/c19-14-5-3-13(4-6-14)18-16(12-22-9-1-2-10-22)23-11-15(20)7-8-17(23)21-18/h3-8,11H,1-2,9-10,12,20H2. The van der Waals surface area contributed by atoms with Gasteiger partial charge >= 0.3 is 0 Å². The van der Waals surface area contributed by atoms with Crippen LogP contribution in [-0.2, 0) is 6.54 Å². The molecule has 0 saturated carbocycles. The third-order valence-corrected chi connectivity index (χ3v) is 4.96. The highest BCUT2D eigenvalue weighted by Crippen LogP contribution is 2.28. The van der Waals surface area contributed by atoms with E-state index in [-0.39, 0.29) is 0 Å². The first-order chi connectivity index (χ1) is 11.2. The highest BCUT2D eigenvalue weighted by molar-refractivity contribution is 9.10. The molecule has 118 valence electrons. The molecule has 1 fully saturated rings. The fourth-order valence-electron chi connectivity index (χ4n) is 3.25. The summed E-state index contributed by atoms with van der Waals surface area (Å²) in [6.07, 6.45) is 4.55. The van der Waals surface area contributed by atoms with Crippen LogP contribution < -0.4 is 5.73 Å². The lowest BCUT2D eigenvalue weighted by Gasteiger charge is -2.15. The number of rotatable bonds is 3. The molecule has 5 heteroatoms.